The van der Waals surface area contributed by atoms with Crippen LogP contribution in [0.3, 0.4) is 0 Å². The number of carbonyl (C=O) groups excluding carboxylic acids is 2. The van der Waals surface area contributed by atoms with Gasteiger partial charge in [0, 0.05) is 65.3 Å². The van der Waals surface area contributed by atoms with Gasteiger partial charge in [0.05, 0.1) is 0 Å². The fourth-order valence-corrected chi connectivity index (χ4v) is 8.11. The van der Waals surface area contributed by atoms with Gasteiger partial charge in [-0.15, -0.1) is 0 Å². The summed E-state index contributed by atoms with van der Waals surface area (Å²) in [4.78, 5) is 33.2. The molecule has 3 heterocycles. The molecule has 1 unspecified atom stereocenters. The summed E-state index contributed by atoms with van der Waals surface area (Å²) in [7, 11) is 0. The Bertz CT molecular complexity index is 1220. The molecule has 6 rings (SSSR count). The lowest BCUT2D eigenvalue weighted by molar-refractivity contribution is -0.133. The second-order valence-electron chi connectivity index (χ2n) is 12.3. The fourth-order valence-electron chi connectivity index (χ4n) is 7.47. The molecule has 4 aliphatic rings. The smallest absolute Gasteiger partial charge is 0.254 e. The first-order chi connectivity index (χ1) is 18.8. The Hall–Kier alpha value is -2.08. The van der Waals surface area contributed by atoms with Gasteiger partial charge in [-0.05, 0) is 86.9 Å². The molecule has 0 aromatic heterocycles. The fraction of sp³-hybridized carbons (Fsp3) is 0.562. The summed E-state index contributed by atoms with van der Waals surface area (Å²) in [6.07, 6.45) is 8.54. The zero-order chi connectivity index (χ0) is 27.3. The van der Waals surface area contributed by atoms with E-state index in [1.807, 2.05) is 36.4 Å². The van der Waals surface area contributed by atoms with Gasteiger partial charge < -0.3 is 9.80 Å². The Labute approximate surface area is 242 Å². The van der Waals surface area contributed by atoms with E-state index in [1.54, 1.807) is 0 Å². The number of likely N-dealkylation sites (tertiary alicyclic amines) is 3. The Balaban J connectivity index is 1.12. The summed E-state index contributed by atoms with van der Waals surface area (Å²) in [6, 6.07) is 13.4. The van der Waals surface area contributed by atoms with Crippen molar-refractivity contribution in [2.45, 2.75) is 89.4 Å². The summed E-state index contributed by atoms with van der Waals surface area (Å²) in [6.45, 7) is 7.10. The van der Waals surface area contributed by atoms with Crippen molar-refractivity contribution in [2.75, 3.05) is 19.6 Å². The molecule has 5 nitrogen and oxygen atoms in total. The van der Waals surface area contributed by atoms with Crippen LogP contribution in [-0.4, -0.2) is 70.3 Å². The average molecular weight is 569 g/mol. The van der Waals surface area contributed by atoms with Gasteiger partial charge in [-0.3, -0.25) is 14.5 Å². The number of carbonyl (C=O) groups is 2. The normalized spacial score (nSPS) is 25.9. The van der Waals surface area contributed by atoms with Crippen LogP contribution in [0.4, 0.5) is 0 Å². The molecule has 39 heavy (non-hydrogen) atoms. The second kappa shape index (κ2) is 11.1. The number of fused-ring (bicyclic) bond motifs is 2. The summed E-state index contributed by atoms with van der Waals surface area (Å²) >= 11 is 13.5. The highest BCUT2D eigenvalue weighted by Crippen LogP contribution is 2.37. The summed E-state index contributed by atoms with van der Waals surface area (Å²) in [5.74, 6) is 0.334. The Morgan fingerprint density at radius 1 is 0.897 bits per heavy atom. The molecule has 2 bridgehead atoms. The lowest BCUT2D eigenvalue weighted by atomic mass is 9.93. The SMILES string of the molecule is CC(C)N1C[C@@H]2C[C@H]1CN2C(=O)c1ccc(-c2cc(Cl)c(CC3CCN(C4CCCCC4)C3=O)c(Cl)c2)cc1. The van der Waals surface area contributed by atoms with Crippen molar-refractivity contribution in [3.05, 3.63) is 57.6 Å². The number of hydrogen-bond donors (Lipinski definition) is 0. The van der Waals surface area contributed by atoms with E-state index in [4.69, 9.17) is 23.2 Å². The zero-order valence-corrected chi connectivity index (χ0v) is 24.6. The van der Waals surface area contributed by atoms with Crippen molar-refractivity contribution in [3.8, 4) is 11.1 Å². The number of benzene rings is 2. The largest absolute Gasteiger partial charge is 0.339 e. The van der Waals surface area contributed by atoms with Gasteiger partial charge in [0.25, 0.3) is 5.91 Å². The summed E-state index contributed by atoms with van der Waals surface area (Å²) in [5, 5.41) is 1.20. The number of nitrogens with zero attached hydrogens (tertiary/aromatic N) is 3. The zero-order valence-electron chi connectivity index (χ0n) is 23.0. The molecule has 0 spiro atoms. The molecular weight excluding hydrogens is 529 g/mol. The van der Waals surface area contributed by atoms with E-state index in [9.17, 15) is 9.59 Å². The molecule has 1 saturated carbocycles. The van der Waals surface area contributed by atoms with Crippen LogP contribution in [0.5, 0.6) is 0 Å². The lowest BCUT2D eigenvalue weighted by Crippen LogP contribution is -2.50. The first-order valence-corrected chi connectivity index (χ1v) is 15.5. The molecule has 1 aliphatic carbocycles. The van der Waals surface area contributed by atoms with E-state index in [0.29, 0.717) is 40.6 Å². The molecule has 0 radical (unpaired) electrons. The lowest BCUT2D eigenvalue weighted by Gasteiger charge is -2.36. The summed E-state index contributed by atoms with van der Waals surface area (Å²) < 4.78 is 0. The number of halogens is 2. The van der Waals surface area contributed by atoms with Crippen molar-refractivity contribution >= 4 is 35.0 Å². The van der Waals surface area contributed by atoms with E-state index in [0.717, 1.165) is 67.6 Å². The van der Waals surface area contributed by atoms with Gasteiger partial charge in [0.1, 0.15) is 0 Å². The Morgan fingerprint density at radius 2 is 1.59 bits per heavy atom. The van der Waals surface area contributed by atoms with Crippen molar-refractivity contribution < 1.29 is 9.59 Å². The Morgan fingerprint density at radius 3 is 2.21 bits per heavy atom. The van der Waals surface area contributed by atoms with E-state index >= 15 is 0 Å². The molecule has 2 aromatic carbocycles. The minimum absolute atomic E-state index is 0.0495. The van der Waals surface area contributed by atoms with Crippen molar-refractivity contribution in [1.29, 1.82) is 0 Å². The molecule has 4 fully saturated rings. The number of rotatable bonds is 6. The van der Waals surface area contributed by atoms with Gasteiger partial charge >= 0.3 is 0 Å². The third-order valence-corrected chi connectivity index (χ3v) is 10.3. The predicted molar refractivity (Wildman–Crippen MR) is 157 cm³/mol. The highest BCUT2D eigenvalue weighted by atomic mass is 35.5. The third-order valence-electron chi connectivity index (χ3n) is 9.63. The van der Waals surface area contributed by atoms with Crippen LogP contribution in [0.15, 0.2) is 36.4 Å². The second-order valence-corrected chi connectivity index (χ2v) is 13.1. The van der Waals surface area contributed by atoms with E-state index in [1.165, 1.54) is 19.3 Å². The highest BCUT2D eigenvalue weighted by molar-refractivity contribution is 6.36. The molecule has 208 valence electrons. The molecule has 3 atom stereocenters. The minimum Gasteiger partial charge on any atom is -0.339 e. The van der Waals surface area contributed by atoms with Gasteiger partial charge in [0.2, 0.25) is 5.91 Å². The molecule has 7 heteroatoms. The Kier molecular flexibility index (Phi) is 7.69. The quantitative estimate of drug-likeness (QED) is 0.390. The summed E-state index contributed by atoms with van der Waals surface area (Å²) in [5.41, 5.74) is 3.47. The first-order valence-electron chi connectivity index (χ1n) is 14.8. The standard InChI is InChI=1S/C32H39Cl2N3O2/c1-20(2)36-18-27-17-26(36)19-37(27)31(38)22-10-8-21(9-11-22)24-15-29(33)28(30(34)16-24)14-23-12-13-35(32(23)39)25-6-4-3-5-7-25/h8-11,15-16,20,23,25-27H,3-7,12-14,17-19H2,1-2H3/t23?,26-,27-/m0/s1. The molecule has 0 N–H and O–H groups in total. The van der Waals surface area contributed by atoms with Gasteiger partial charge in [-0.1, -0.05) is 54.6 Å². The topological polar surface area (TPSA) is 43.9 Å². The van der Waals surface area contributed by atoms with E-state index < -0.39 is 0 Å². The van der Waals surface area contributed by atoms with Crippen molar-refractivity contribution in [1.82, 2.24) is 14.7 Å². The number of amides is 2. The number of piperazine rings is 1. The van der Waals surface area contributed by atoms with E-state index in [2.05, 4.69) is 28.5 Å². The number of hydrogen-bond acceptors (Lipinski definition) is 3. The van der Waals surface area contributed by atoms with Crippen LogP contribution < -0.4 is 0 Å². The molecular formula is C32H39Cl2N3O2. The van der Waals surface area contributed by atoms with Crippen LogP contribution in [0.25, 0.3) is 11.1 Å². The van der Waals surface area contributed by atoms with Crippen LogP contribution in [0.2, 0.25) is 10.0 Å². The minimum atomic E-state index is -0.0495. The van der Waals surface area contributed by atoms with E-state index in [-0.39, 0.29) is 17.7 Å². The van der Waals surface area contributed by atoms with Crippen LogP contribution >= 0.6 is 23.2 Å². The maximum absolute atomic E-state index is 13.3. The van der Waals surface area contributed by atoms with Crippen LogP contribution in [0, 0.1) is 5.92 Å². The maximum atomic E-state index is 13.3. The maximum Gasteiger partial charge on any atom is 0.254 e. The predicted octanol–water partition coefficient (Wildman–Crippen LogP) is 6.69. The van der Waals surface area contributed by atoms with Crippen LogP contribution in [0.1, 0.15) is 74.7 Å². The molecule has 2 amide bonds. The average Bonchev–Trinajstić information content (AvgIpc) is 3.65. The molecule has 2 aromatic rings. The van der Waals surface area contributed by atoms with Crippen LogP contribution in [-0.2, 0) is 11.2 Å². The third kappa shape index (κ3) is 5.23. The van der Waals surface area contributed by atoms with Crippen molar-refractivity contribution in [3.63, 3.8) is 0 Å². The van der Waals surface area contributed by atoms with Gasteiger partial charge in [-0.2, -0.15) is 0 Å². The monoisotopic (exact) mass is 567 g/mol. The van der Waals surface area contributed by atoms with Gasteiger partial charge in [-0.25, -0.2) is 0 Å². The highest BCUT2D eigenvalue weighted by Gasteiger charge is 2.46. The van der Waals surface area contributed by atoms with Gasteiger partial charge in [0.15, 0.2) is 0 Å². The molecule has 3 saturated heterocycles. The first kappa shape index (κ1) is 27.1. The molecule has 3 aliphatic heterocycles. The van der Waals surface area contributed by atoms with Crippen molar-refractivity contribution in [2.24, 2.45) is 5.92 Å².